The van der Waals surface area contributed by atoms with Gasteiger partial charge in [0.15, 0.2) is 0 Å². The van der Waals surface area contributed by atoms with Crippen LogP contribution < -0.4 is 10.2 Å². The molecular weight excluding hydrogens is 358 g/mol. The lowest BCUT2D eigenvalue weighted by molar-refractivity contribution is 0.196. The number of fused-ring (bicyclic) bond motifs is 1. The summed E-state index contributed by atoms with van der Waals surface area (Å²) in [6, 6.07) is 8.69. The van der Waals surface area contributed by atoms with E-state index in [1.807, 2.05) is 4.90 Å². The van der Waals surface area contributed by atoms with E-state index in [4.69, 9.17) is 0 Å². The highest BCUT2D eigenvalue weighted by Crippen LogP contribution is 2.29. The van der Waals surface area contributed by atoms with Crippen LogP contribution in [0.1, 0.15) is 49.2 Å². The summed E-state index contributed by atoms with van der Waals surface area (Å²) in [5.41, 5.74) is 2.66. The van der Waals surface area contributed by atoms with E-state index in [2.05, 4.69) is 50.8 Å². The summed E-state index contributed by atoms with van der Waals surface area (Å²) in [6.07, 6.45) is 5.08. The van der Waals surface area contributed by atoms with Crippen LogP contribution in [0.15, 0.2) is 24.3 Å². The van der Waals surface area contributed by atoms with Gasteiger partial charge in [0.05, 0.1) is 6.04 Å². The second-order valence-electron chi connectivity index (χ2n) is 7.27. The second kappa shape index (κ2) is 8.25. The van der Waals surface area contributed by atoms with Crippen LogP contribution in [0.25, 0.3) is 0 Å². The van der Waals surface area contributed by atoms with Gasteiger partial charge >= 0.3 is 6.03 Å². The molecule has 6 nitrogen and oxygen atoms in total. The number of hydrogen-bond acceptors (Lipinski definition) is 5. The van der Waals surface area contributed by atoms with Crippen LogP contribution in [0.5, 0.6) is 0 Å². The predicted molar refractivity (Wildman–Crippen MR) is 108 cm³/mol. The van der Waals surface area contributed by atoms with Crippen molar-refractivity contribution < 1.29 is 4.79 Å². The number of aryl methyl sites for hydroxylation is 2. The number of carbonyl (C=O) groups is 1. The molecule has 2 aromatic rings. The molecule has 1 atom stereocenters. The molecule has 0 saturated carbocycles. The Bertz CT molecular complexity index is 792. The first-order valence-corrected chi connectivity index (χ1v) is 10.7. The van der Waals surface area contributed by atoms with Crippen molar-refractivity contribution in [3.8, 4) is 0 Å². The zero-order valence-electron chi connectivity index (χ0n) is 15.9. The highest BCUT2D eigenvalue weighted by molar-refractivity contribution is 7.09. The molecule has 4 rings (SSSR count). The van der Waals surface area contributed by atoms with Gasteiger partial charge in [0.25, 0.3) is 0 Å². The maximum absolute atomic E-state index is 12.9. The van der Waals surface area contributed by atoms with E-state index in [1.54, 1.807) is 0 Å². The van der Waals surface area contributed by atoms with E-state index >= 15 is 0 Å². The number of rotatable bonds is 3. The molecule has 144 valence electrons. The largest absolute Gasteiger partial charge is 0.345 e. The van der Waals surface area contributed by atoms with Crippen molar-refractivity contribution in [1.29, 1.82) is 0 Å². The second-order valence-corrected chi connectivity index (χ2v) is 8.00. The molecule has 1 aromatic carbocycles. The molecule has 1 unspecified atom stereocenters. The fourth-order valence-electron chi connectivity index (χ4n) is 3.97. The van der Waals surface area contributed by atoms with Crippen LogP contribution >= 0.6 is 11.5 Å². The first kappa shape index (κ1) is 18.2. The van der Waals surface area contributed by atoms with E-state index in [-0.39, 0.29) is 12.1 Å². The van der Waals surface area contributed by atoms with Gasteiger partial charge in [0.2, 0.25) is 5.13 Å². The maximum atomic E-state index is 12.9. The van der Waals surface area contributed by atoms with Crippen molar-refractivity contribution in [2.75, 3.05) is 31.1 Å². The van der Waals surface area contributed by atoms with Crippen molar-refractivity contribution in [3.63, 3.8) is 0 Å². The molecule has 1 aliphatic carbocycles. The highest BCUT2D eigenvalue weighted by atomic mass is 32.1. The van der Waals surface area contributed by atoms with Crippen LogP contribution in [0.3, 0.4) is 0 Å². The van der Waals surface area contributed by atoms with Gasteiger partial charge in [-0.05, 0) is 36.8 Å². The fourth-order valence-corrected chi connectivity index (χ4v) is 4.77. The van der Waals surface area contributed by atoms with E-state index in [1.165, 1.54) is 22.7 Å². The van der Waals surface area contributed by atoms with Crippen LogP contribution in [0, 0.1) is 0 Å². The number of benzene rings is 1. The fraction of sp³-hybridized carbons (Fsp3) is 0.550. The van der Waals surface area contributed by atoms with Crippen molar-refractivity contribution in [3.05, 3.63) is 41.2 Å². The summed E-state index contributed by atoms with van der Waals surface area (Å²) in [4.78, 5) is 21.7. The Morgan fingerprint density at radius 2 is 2.11 bits per heavy atom. The lowest BCUT2D eigenvalue weighted by Crippen LogP contribution is -2.44. The molecule has 2 aliphatic rings. The third-order valence-corrected chi connectivity index (χ3v) is 6.31. The topological polar surface area (TPSA) is 61.4 Å². The lowest BCUT2D eigenvalue weighted by atomic mass is 9.88. The molecule has 1 fully saturated rings. The summed E-state index contributed by atoms with van der Waals surface area (Å²) in [5, 5.41) is 4.27. The Hall–Kier alpha value is -2.15. The summed E-state index contributed by atoms with van der Waals surface area (Å²) in [6.45, 7) is 5.32. The number of nitrogens with zero attached hydrogens (tertiary/aromatic N) is 4. The predicted octanol–water partition coefficient (Wildman–Crippen LogP) is 3.40. The molecule has 1 N–H and O–H groups in total. The van der Waals surface area contributed by atoms with Crippen LogP contribution in [-0.4, -0.2) is 46.5 Å². The van der Waals surface area contributed by atoms with E-state index in [0.29, 0.717) is 0 Å². The molecular formula is C20H27N5OS. The minimum absolute atomic E-state index is 0.0602. The summed E-state index contributed by atoms with van der Waals surface area (Å²) >= 11 is 1.47. The summed E-state index contributed by atoms with van der Waals surface area (Å²) in [5.74, 6) is 0.907. The normalized spacial score (nSPS) is 20.1. The van der Waals surface area contributed by atoms with Gasteiger partial charge in [-0.2, -0.15) is 4.37 Å². The number of urea groups is 1. The third-order valence-electron chi connectivity index (χ3n) is 5.49. The van der Waals surface area contributed by atoms with E-state index < -0.39 is 0 Å². The van der Waals surface area contributed by atoms with Crippen LogP contribution in [0.2, 0.25) is 0 Å². The minimum Gasteiger partial charge on any atom is -0.345 e. The number of carbonyl (C=O) groups excluding carboxylic acids is 1. The molecule has 2 heterocycles. The van der Waals surface area contributed by atoms with Gasteiger partial charge in [0.1, 0.15) is 5.82 Å². The Kier molecular flexibility index (Phi) is 5.57. The first-order valence-electron chi connectivity index (χ1n) is 9.95. The maximum Gasteiger partial charge on any atom is 0.317 e. The first-order chi connectivity index (χ1) is 13.2. The Morgan fingerprint density at radius 1 is 1.22 bits per heavy atom. The summed E-state index contributed by atoms with van der Waals surface area (Å²) in [7, 11) is 0. The SMILES string of the molecule is CCc1nsc(N2CCCN(C(=O)NC3CCCc4ccccc43)CC2)n1. The quantitative estimate of drug-likeness (QED) is 0.880. The monoisotopic (exact) mass is 385 g/mol. The Balaban J connectivity index is 1.37. The molecule has 2 amide bonds. The average molecular weight is 386 g/mol. The Morgan fingerprint density at radius 3 is 2.96 bits per heavy atom. The van der Waals surface area contributed by atoms with E-state index in [9.17, 15) is 4.79 Å². The molecule has 27 heavy (non-hydrogen) atoms. The standard InChI is InChI=1S/C20H27N5OS/c1-2-18-22-20(27-23-18)25-12-6-11-24(13-14-25)19(26)21-17-10-5-8-15-7-3-4-9-16(15)17/h3-4,7,9,17H,2,5-6,8,10-14H2,1H3,(H,21,26). The number of aromatic nitrogens is 2. The number of amides is 2. The zero-order valence-corrected chi connectivity index (χ0v) is 16.7. The molecule has 1 saturated heterocycles. The van der Waals surface area contributed by atoms with Crippen molar-refractivity contribution in [2.24, 2.45) is 0 Å². The van der Waals surface area contributed by atoms with Crippen LogP contribution in [-0.2, 0) is 12.8 Å². The van der Waals surface area contributed by atoms with Gasteiger partial charge in [-0.25, -0.2) is 9.78 Å². The Labute approximate surface area is 164 Å². The van der Waals surface area contributed by atoms with Crippen molar-refractivity contribution in [2.45, 2.75) is 45.1 Å². The average Bonchev–Trinajstić information content (AvgIpc) is 3.05. The smallest absolute Gasteiger partial charge is 0.317 e. The highest BCUT2D eigenvalue weighted by Gasteiger charge is 2.25. The van der Waals surface area contributed by atoms with Gasteiger partial charge in [-0.1, -0.05) is 31.2 Å². The zero-order chi connectivity index (χ0) is 18.6. The third kappa shape index (κ3) is 4.08. The molecule has 1 aromatic heterocycles. The van der Waals surface area contributed by atoms with Crippen LogP contribution in [0.4, 0.5) is 9.93 Å². The number of anilines is 1. The van der Waals surface area contributed by atoms with Gasteiger partial charge in [-0.15, -0.1) is 0 Å². The van der Waals surface area contributed by atoms with Crippen molar-refractivity contribution >= 4 is 22.7 Å². The van der Waals surface area contributed by atoms with E-state index in [0.717, 1.165) is 69.2 Å². The lowest BCUT2D eigenvalue weighted by Gasteiger charge is -2.29. The van der Waals surface area contributed by atoms with Gasteiger partial charge < -0.3 is 15.1 Å². The van der Waals surface area contributed by atoms with Gasteiger partial charge in [-0.3, -0.25) is 0 Å². The summed E-state index contributed by atoms with van der Waals surface area (Å²) < 4.78 is 4.39. The molecule has 0 bridgehead atoms. The minimum atomic E-state index is 0.0602. The number of nitrogens with one attached hydrogen (secondary N) is 1. The van der Waals surface area contributed by atoms with Crippen molar-refractivity contribution in [1.82, 2.24) is 19.6 Å². The number of hydrogen-bond donors (Lipinski definition) is 1. The molecule has 1 aliphatic heterocycles. The molecule has 7 heteroatoms. The molecule has 0 radical (unpaired) electrons. The molecule has 0 spiro atoms. The van der Waals surface area contributed by atoms with Gasteiger partial charge in [0, 0.05) is 44.1 Å².